The van der Waals surface area contributed by atoms with Crippen LogP contribution in [0.5, 0.6) is 0 Å². The fourth-order valence-corrected chi connectivity index (χ4v) is 3.30. The van der Waals surface area contributed by atoms with Gasteiger partial charge in [0.1, 0.15) is 0 Å². The Labute approximate surface area is 120 Å². The minimum Gasteiger partial charge on any atom is -0.381 e. The molecule has 3 heteroatoms. The second-order valence-corrected chi connectivity index (χ2v) is 6.06. The molecule has 2 aliphatic heterocycles. The molecule has 1 atom stereocenters. The molecular weight excluding hydrogens is 252 g/mol. The van der Waals surface area contributed by atoms with Gasteiger partial charge in [-0.15, -0.1) is 0 Å². The van der Waals surface area contributed by atoms with Gasteiger partial charge in [-0.2, -0.15) is 0 Å². The lowest BCUT2D eigenvalue weighted by Gasteiger charge is -2.42. The van der Waals surface area contributed by atoms with Gasteiger partial charge in [-0.25, -0.2) is 0 Å². The van der Waals surface area contributed by atoms with Crippen molar-refractivity contribution in [3.8, 4) is 0 Å². The average Bonchev–Trinajstić information content (AvgIpc) is 2.48. The third-order valence-electron chi connectivity index (χ3n) is 4.60. The van der Waals surface area contributed by atoms with Crippen LogP contribution in [0.1, 0.15) is 41.6 Å². The lowest BCUT2D eigenvalue weighted by atomic mass is 9.78. The van der Waals surface area contributed by atoms with Crippen LogP contribution in [0.2, 0.25) is 0 Å². The van der Waals surface area contributed by atoms with Crippen LogP contribution in [0.25, 0.3) is 0 Å². The van der Waals surface area contributed by atoms with Crippen molar-refractivity contribution in [1.82, 2.24) is 0 Å². The Morgan fingerprint density at radius 2 is 1.85 bits per heavy atom. The van der Waals surface area contributed by atoms with E-state index in [0.717, 1.165) is 44.5 Å². The number of ketones is 1. The van der Waals surface area contributed by atoms with Crippen LogP contribution < -0.4 is 0 Å². The van der Waals surface area contributed by atoms with Crippen LogP contribution in [0.15, 0.2) is 24.3 Å². The zero-order valence-electron chi connectivity index (χ0n) is 12.1. The van der Waals surface area contributed by atoms with Crippen molar-refractivity contribution in [2.45, 2.75) is 38.2 Å². The molecular formula is C17H22O3. The molecule has 0 bridgehead atoms. The van der Waals surface area contributed by atoms with E-state index in [1.165, 1.54) is 5.56 Å². The summed E-state index contributed by atoms with van der Waals surface area (Å²) in [5, 5.41) is 0. The minimum absolute atomic E-state index is 0.101. The van der Waals surface area contributed by atoms with Crippen molar-refractivity contribution in [3.05, 3.63) is 35.4 Å². The molecule has 0 aliphatic carbocycles. The highest BCUT2D eigenvalue weighted by atomic mass is 16.5. The number of carbonyl (C=O) groups is 1. The zero-order chi connectivity index (χ0) is 14.0. The van der Waals surface area contributed by atoms with E-state index in [2.05, 4.69) is 0 Å². The minimum atomic E-state index is -0.110. The Morgan fingerprint density at radius 3 is 2.55 bits per heavy atom. The smallest absolute Gasteiger partial charge is 0.166 e. The molecule has 0 amide bonds. The van der Waals surface area contributed by atoms with Crippen LogP contribution in [0.3, 0.4) is 0 Å². The molecule has 0 N–H and O–H groups in total. The van der Waals surface area contributed by atoms with Gasteiger partial charge in [-0.05, 0) is 32.6 Å². The number of benzene rings is 1. The standard InChI is InChI=1S/C17H22O3/c1-13-2-4-14(5-3-13)16(18)15-6-9-20-17(12-15)7-10-19-11-8-17/h2-5,15H,6-12H2,1H3. The van der Waals surface area contributed by atoms with Crippen LogP contribution in [-0.2, 0) is 9.47 Å². The van der Waals surface area contributed by atoms with Gasteiger partial charge >= 0.3 is 0 Å². The predicted octanol–water partition coefficient (Wildman–Crippen LogP) is 3.15. The first-order chi connectivity index (χ1) is 9.69. The summed E-state index contributed by atoms with van der Waals surface area (Å²) < 4.78 is 11.4. The van der Waals surface area contributed by atoms with Gasteiger partial charge in [0.15, 0.2) is 5.78 Å². The highest BCUT2D eigenvalue weighted by Crippen LogP contribution is 2.38. The summed E-state index contributed by atoms with van der Waals surface area (Å²) in [6, 6.07) is 7.92. The monoisotopic (exact) mass is 274 g/mol. The molecule has 0 aromatic heterocycles. The Bertz CT molecular complexity index is 466. The molecule has 1 aromatic carbocycles. The highest BCUT2D eigenvalue weighted by molar-refractivity contribution is 5.98. The van der Waals surface area contributed by atoms with Gasteiger partial charge in [0.05, 0.1) is 5.60 Å². The largest absolute Gasteiger partial charge is 0.381 e. The van der Waals surface area contributed by atoms with Crippen molar-refractivity contribution >= 4 is 5.78 Å². The van der Waals surface area contributed by atoms with Crippen molar-refractivity contribution in [2.24, 2.45) is 5.92 Å². The number of ether oxygens (including phenoxy) is 2. The van der Waals surface area contributed by atoms with E-state index in [4.69, 9.17) is 9.47 Å². The summed E-state index contributed by atoms with van der Waals surface area (Å²) in [6.45, 7) is 4.25. The maximum atomic E-state index is 12.7. The van der Waals surface area contributed by atoms with Gasteiger partial charge in [0.2, 0.25) is 0 Å². The fourth-order valence-electron chi connectivity index (χ4n) is 3.30. The Balaban J connectivity index is 1.73. The quantitative estimate of drug-likeness (QED) is 0.777. The first-order valence-corrected chi connectivity index (χ1v) is 7.51. The Morgan fingerprint density at radius 1 is 1.15 bits per heavy atom. The molecule has 1 spiro atoms. The third-order valence-corrected chi connectivity index (χ3v) is 4.60. The van der Waals surface area contributed by atoms with Crippen LogP contribution in [0, 0.1) is 12.8 Å². The summed E-state index contributed by atoms with van der Waals surface area (Å²) in [4.78, 5) is 12.7. The second-order valence-electron chi connectivity index (χ2n) is 6.06. The lowest BCUT2D eigenvalue weighted by molar-refractivity contribution is -0.142. The molecule has 1 unspecified atom stereocenters. The molecule has 0 radical (unpaired) electrons. The van der Waals surface area contributed by atoms with E-state index < -0.39 is 0 Å². The molecule has 3 nitrogen and oxygen atoms in total. The van der Waals surface area contributed by atoms with E-state index in [1.54, 1.807) is 0 Å². The topological polar surface area (TPSA) is 35.5 Å². The number of rotatable bonds is 2. The van der Waals surface area contributed by atoms with Crippen LogP contribution in [0.4, 0.5) is 0 Å². The lowest BCUT2D eigenvalue weighted by Crippen LogP contribution is -2.45. The zero-order valence-corrected chi connectivity index (χ0v) is 12.1. The number of hydrogen-bond donors (Lipinski definition) is 0. The summed E-state index contributed by atoms with van der Waals surface area (Å²) in [5.41, 5.74) is 1.92. The number of Topliss-reactive ketones (excluding diaryl/α,β-unsaturated/α-hetero) is 1. The Hall–Kier alpha value is -1.19. The fraction of sp³-hybridized carbons (Fsp3) is 0.588. The van der Waals surface area contributed by atoms with Gasteiger partial charge in [0, 0.05) is 31.3 Å². The molecule has 3 rings (SSSR count). The van der Waals surface area contributed by atoms with Gasteiger partial charge in [0.25, 0.3) is 0 Å². The van der Waals surface area contributed by atoms with E-state index in [-0.39, 0.29) is 17.3 Å². The summed E-state index contributed by atoms with van der Waals surface area (Å²) in [7, 11) is 0. The molecule has 20 heavy (non-hydrogen) atoms. The van der Waals surface area contributed by atoms with Crippen LogP contribution >= 0.6 is 0 Å². The van der Waals surface area contributed by atoms with Gasteiger partial charge < -0.3 is 9.47 Å². The molecule has 2 saturated heterocycles. The third kappa shape index (κ3) is 2.79. The maximum Gasteiger partial charge on any atom is 0.166 e. The van der Waals surface area contributed by atoms with Crippen molar-refractivity contribution < 1.29 is 14.3 Å². The van der Waals surface area contributed by atoms with Crippen molar-refractivity contribution in [2.75, 3.05) is 19.8 Å². The second kappa shape index (κ2) is 5.66. The molecule has 108 valence electrons. The normalized spacial score (nSPS) is 25.6. The van der Waals surface area contributed by atoms with Gasteiger partial charge in [-0.3, -0.25) is 4.79 Å². The Kier molecular flexibility index (Phi) is 3.90. The number of carbonyl (C=O) groups excluding carboxylic acids is 1. The van der Waals surface area contributed by atoms with Crippen molar-refractivity contribution in [1.29, 1.82) is 0 Å². The summed E-state index contributed by atoms with van der Waals surface area (Å²) in [6.07, 6.45) is 3.54. The highest BCUT2D eigenvalue weighted by Gasteiger charge is 2.41. The first-order valence-electron chi connectivity index (χ1n) is 7.51. The number of aryl methyl sites for hydroxylation is 1. The average molecular weight is 274 g/mol. The first kappa shape index (κ1) is 13.8. The van der Waals surface area contributed by atoms with E-state index >= 15 is 0 Å². The molecule has 2 aliphatic rings. The molecule has 1 aromatic rings. The molecule has 0 saturated carbocycles. The molecule has 2 fully saturated rings. The number of hydrogen-bond acceptors (Lipinski definition) is 3. The van der Waals surface area contributed by atoms with Crippen molar-refractivity contribution in [3.63, 3.8) is 0 Å². The summed E-state index contributed by atoms with van der Waals surface area (Å²) in [5.74, 6) is 0.378. The van der Waals surface area contributed by atoms with E-state index in [0.29, 0.717) is 6.61 Å². The van der Waals surface area contributed by atoms with E-state index in [1.807, 2.05) is 31.2 Å². The maximum absolute atomic E-state index is 12.7. The summed E-state index contributed by atoms with van der Waals surface area (Å²) >= 11 is 0. The predicted molar refractivity (Wildman–Crippen MR) is 77.0 cm³/mol. The SMILES string of the molecule is Cc1ccc(C(=O)C2CCOC3(CCOCC3)C2)cc1. The van der Waals surface area contributed by atoms with E-state index in [9.17, 15) is 4.79 Å². The van der Waals surface area contributed by atoms with Gasteiger partial charge in [-0.1, -0.05) is 29.8 Å². The molecule has 2 heterocycles. The van der Waals surface area contributed by atoms with Crippen LogP contribution in [-0.4, -0.2) is 31.2 Å².